The number of hydrogen-bond acceptors (Lipinski definition) is 4. The minimum Gasteiger partial charge on any atom is -0.382 e. The Hall–Kier alpha value is -0.450. The summed E-state index contributed by atoms with van der Waals surface area (Å²) in [5, 5.41) is 9.05. The summed E-state index contributed by atoms with van der Waals surface area (Å²) in [5.41, 5.74) is 4.08. The van der Waals surface area contributed by atoms with Crippen molar-refractivity contribution in [2.75, 3.05) is 0 Å². The molecule has 1 aliphatic rings. The lowest BCUT2D eigenvalue weighted by atomic mass is 10.1. The van der Waals surface area contributed by atoms with Crippen LogP contribution in [-0.4, -0.2) is 28.8 Å². The van der Waals surface area contributed by atoms with E-state index in [2.05, 4.69) is 0 Å². The third-order valence-electron chi connectivity index (χ3n) is 1.63. The molecule has 1 heterocycles. The van der Waals surface area contributed by atoms with E-state index in [0.29, 0.717) is 0 Å². The second-order valence-corrected chi connectivity index (χ2v) is 2.74. The predicted octanol–water partition coefficient (Wildman–Crippen LogP) is -0.990. The number of carbonyl (C=O) groups is 1. The van der Waals surface area contributed by atoms with Gasteiger partial charge < -0.3 is 9.84 Å². The highest BCUT2D eigenvalue weighted by molar-refractivity contribution is 5.92. The van der Waals surface area contributed by atoms with Crippen molar-refractivity contribution in [1.29, 1.82) is 0 Å². The van der Waals surface area contributed by atoms with Crippen LogP contribution in [0.1, 0.15) is 13.8 Å². The molecule has 0 amide bonds. The van der Waals surface area contributed by atoms with Crippen LogP contribution in [0.25, 0.3) is 0 Å². The van der Waals surface area contributed by atoms with Gasteiger partial charge in [-0.1, -0.05) is 0 Å². The van der Waals surface area contributed by atoms with Gasteiger partial charge in [0, 0.05) is 0 Å². The number of nitrogens with two attached hydrogens (primary N) is 1. The molecule has 4 nitrogen and oxygen atoms in total. The van der Waals surface area contributed by atoms with Gasteiger partial charge in [-0.3, -0.25) is 10.5 Å². The quantitative estimate of drug-likeness (QED) is 0.459. The zero-order valence-corrected chi connectivity index (χ0v) is 6.00. The van der Waals surface area contributed by atoms with E-state index in [-0.39, 0.29) is 0 Å². The largest absolute Gasteiger partial charge is 0.382 e. The van der Waals surface area contributed by atoms with Crippen LogP contribution >= 0.6 is 0 Å². The number of ketones is 1. The van der Waals surface area contributed by atoms with E-state index in [1.54, 1.807) is 6.92 Å². The highest BCUT2D eigenvalue weighted by Gasteiger charge is 2.46. The second kappa shape index (κ2) is 2.02. The summed E-state index contributed by atoms with van der Waals surface area (Å²) >= 11 is 0. The smallest absolute Gasteiger partial charge is 0.209 e. The summed E-state index contributed by atoms with van der Waals surface area (Å²) in [5.74, 6) is -0.444. The summed E-state index contributed by atoms with van der Waals surface area (Å²) in [7, 11) is 0. The zero-order valence-electron chi connectivity index (χ0n) is 6.00. The van der Waals surface area contributed by atoms with Crippen LogP contribution in [0, 0.1) is 0 Å². The molecule has 1 fully saturated rings. The van der Waals surface area contributed by atoms with Crippen molar-refractivity contribution in [2.24, 2.45) is 5.73 Å². The number of carbonyl (C=O) groups excluding carboxylic acids is 1. The van der Waals surface area contributed by atoms with E-state index < -0.39 is 23.7 Å². The molecule has 3 N–H and O–H groups in total. The number of rotatable bonds is 0. The Kier molecular flexibility index (Phi) is 1.54. The molecule has 0 spiro atoms. The molecule has 4 heteroatoms. The van der Waals surface area contributed by atoms with Gasteiger partial charge in [0.15, 0.2) is 5.72 Å². The summed E-state index contributed by atoms with van der Waals surface area (Å²) in [6, 6.07) is 0. The Morgan fingerprint density at radius 3 is 2.40 bits per heavy atom. The fraction of sp³-hybridized carbons (Fsp3) is 0.833. The molecule has 0 saturated carbocycles. The second-order valence-electron chi connectivity index (χ2n) is 2.74. The summed E-state index contributed by atoms with van der Waals surface area (Å²) < 4.78 is 4.95. The fourth-order valence-electron chi connectivity index (χ4n) is 1.02. The molecule has 0 radical (unpaired) electrons. The fourth-order valence-corrected chi connectivity index (χ4v) is 1.02. The van der Waals surface area contributed by atoms with Gasteiger partial charge in [0.25, 0.3) is 0 Å². The van der Waals surface area contributed by atoms with Gasteiger partial charge in [-0.05, 0) is 13.8 Å². The maximum Gasteiger partial charge on any atom is 0.209 e. The molecular formula is C6H11NO3. The highest BCUT2D eigenvalue weighted by atomic mass is 16.6. The summed E-state index contributed by atoms with van der Waals surface area (Å²) in [4.78, 5) is 10.9. The molecule has 3 unspecified atom stereocenters. The molecule has 0 bridgehead atoms. The molecule has 0 aromatic rings. The maximum atomic E-state index is 10.9. The predicted molar refractivity (Wildman–Crippen MR) is 34.2 cm³/mol. The third-order valence-corrected chi connectivity index (χ3v) is 1.63. The summed E-state index contributed by atoms with van der Waals surface area (Å²) in [6.07, 6.45) is -1.54. The van der Waals surface area contributed by atoms with Crippen LogP contribution in [0.2, 0.25) is 0 Å². The van der Waals surface area contributed by atoms with Gasteiger partial charge in [0.2, 0.25) is 5.78 Å². The molecular weight excluding hydrogens is 134 g/mol. The Morgan fingerprint density at radius 1 is 1.80 bits per heavy atom. The molecule has 3 atom stereocenters. The first-order chi connectivity index (χ1) is 4.45. The molecule has 58 valence electrons. The number of hydrogen-bond donors (Lipinski definition) is 2. The molecule has 1 saturated heterocycles. The van der Waals surface area contributed by atoms with Crippen molar-refractivity contribution >= 4 is 5.78 Å². The molecule has 1 aliphatic heterocycles. The number of Topliss-reactive ketones (excluding diaryl/α,β-unsaturated/α-hetero) is 1. The molecule has 1 rings (SSSR count). The van der Waals surface area contributed by atoms with Crippen molar-refractivity contribution < 1.29 is 14.6 Å². The first-order valence-electron chi connectivity index (χ1n) is 3.14. The van der Waals surface area contributed by atoms with E-state index in [1.165, 1.54) is 6.92 Å². The lowest BCUT2D eigenvalue weighted by Crippen LogP contribution is -2.44. The molecule has 0 aliphatic carbocycles. The van der Waals surface area contributed by atoms with Crippen molar-refractivity contribution in [2.45, 2.75) is 31.8 Å². The van der Waals surface area contributed by atoms with Crippen LogP contribution in [-0.2, 0) is 9.53 Å². The van der Waals surface area contributed by atoms with Gasteiger partial charge >= 0.3 is 0 Å². The minimum atomic E-state index is -1.29. The van der Waals surface area contributed by atoms with Crippen molar-refractivity contribution in [3.05, 3.63) is 0 Å². The maximum absolute atomic E-state index is 10.9. The Balaban J connectivity index is 2.82. The van der Waals surface area contributed by atoms with E-state index in [1.807, 2.05) is 0 Å². The average Bonchev–Trinajstić information content (AvgIpc) is 1.95. The topological polar surface area (TPSA) is 72.5 Å². The van der Waals surface area contributed by atoms with E-state index in [4.69, 9.17) is 15.6 Å². The number of aliphatic hydroxyl groups is 1. The van der Waals surface area contributed by atoms with Gasteiger partial charge in [0.05, 0.1) is 6.10 Å². The number of aliphatic hydroxyl groups excluding tert-OH is 1. The van der Waals surface area contributed by atoms with E-state index >= 15 is 0 Å². The average molecular weight is 145 g/mol. The van der Waals surface area contributed by atoms with Gasteiger partial charge in [0.1, 0.15) is 6.10 Å². The van der Waals surface area contributed by atoms with Crippen molar-refractivity contribution in [3.8, 4) is 0 Å². The minimum absolute atomic E-state index is 0.444. The summed E-state index contributed by atoms with van der Waals surface area (Å²) in [6.45, 7) is 3.06. The molecule has 0 aromatic carbocycles. The first kappa shape index (κ1) is 7.65. The zero-order chi connectivity index (χ0) is 7.94. The SMILES string of the molecule is CC1OC(C)(N)C(=O)C1O. The van der Waals surface area contributed by atoms with Gasteiger partial charge in [-0.25, -0.2) is 0 Å². The van der Waals surface area contributed by atoms with Crippen molar-refractivity contribution in [3.63, 3.8) is 0 Å². The normalized spacial score (nSPS) is 48.2. The van der Waals surface area contributed by atoms with E-state index in [9.17, 15) is 4.79 Å². The monoisotopic (exact) mass is 145 g/mol. The Labute approximate surface area is 59.0 Å². The van der Waals surface area contributed by atoms with Crippen LogP contribution in [0.15, 0.2) is 0 Å². The Bertz CT molecular complexity index is 166. The van der Waals surface area contributed by atoms with Crippen molar-refractivity contribution in [1.82, 2.24) is 0 Å². The molecule has 0 aromatic heterocycles. The lowest BCUT2D eigenvalue weighted by Gasteiger charge is -2.14. The van der Waals surface area contributed by atoms with Gasteiger partial charge in [-0.2, -0.15) is 0 Å². The Morgan fingerprint density at radius 2 is 2.30 bits per heavy atom. The first-order valence-corrected chi connectivity index (χ1v) is 3.14. The standard InChI is InChI=1S/C6H11NO3/c1-3-4(8)5(9)6(2,7)10-3/h3-4,8H,7H2,1-2H3. The van der Waals surface area contributed by atoms with Gasteiger partial charge in [-0.15, -0.1) is 0 Å². The van der Waals surface area contributed by atoms with Crippen LogP contribution in [0.3, 0.4) is 0 Å². The lowest BCUT2D eigenvalue weighted by molar-refractivity contribution is -0.133. The highest BCUT2D eigenvalue weighted by Crippen LogP contribution is 2.21. The van der Waals surface area contributed by atoms with E-state index in [0.717, 1.165) is 0 Å². The number of ether oxygens (including phenoxy) is 1. The van der Waals surface area contributed by atoms with Crippen LogP contribution < -0.4 is 5.73 Å². The molecule has 10 heavy (non-hydrogen) atoms. The van der Waals surface area contributed by atoms with Crippen LogP contribution in [0.4, 0.5) is 0 Å². The van der Waals surface area contributed by atoms with Crippen LogP contribution in [0.5, 0.6) is 0 Å². The third kappa shape index (κ3) is 0.941.